The van der Waals surface area contributed by atoms with E-state index in [0.29, 0.717) is 29.5 Å². The number of benzene rings is 1. The van der Waals surface area contributed by atoms with Gasteiger partial charge in [-0.05, 0) is 43.5 Å². The van der Waals surface area contributed by atoms with Gasteiger partial charge in [0.2, 0.25) is 0 Å². The van der Waals surface area contributed by atoms with E-state index in [4.69, 9.17) is 16.3 Å². The van der Waals surface area contributed by atoms with Gasteiger partial charge < -0.3 is 10.1 Å². The second-order valence-electron chi connectivity index (χ2n) is 5.27. The quantitative estimate of drug-likeness (QED) is 0.782. The molecule has 20 heavy (non-hydrogen) atoms. The Bertz CT molecular complexity index is 411. The van der Waals surface area contributed by atoms with Crippen molar-refractivity contribution in [3.8, 4) is 0 Å². The number of hydrogen-bond acceptors (Lipinski definition) is 2. The summed E-state index contributed by atoms with van der Waals surface area (Å²) in [6.07, 6.45) is 0.662. The minimum absolute atomic E-state index is 0.0648. The molecule has 0 radical (unpaired) electrons. The summed E-state index contributed by atoms with van der Waals surface area (Å²) in [5.41, 5.74) is 0.672. The number of nitrogens with one attached hydrogen (secondary N) is 1. The molecule has 1 rings (SSSR count). The van der Waals surface area contributed by atoms with Gasteiger partial charge in [0, 0.05) is 17.7 Å². The van der Waals surface area contributed by atoms with Crippen LogP contribution in [0.4, 0.5) is 4.39 Å². The van der Waals surface area contributed by atoms with E-state index in [0.717, 1.165) is 6.54 Å². The lowest BCUT2D eigenvalue weighted by molar-refractivity contribution is 0.00379. The van der Waals surface area contributed by atoms with Crippen LogP contribution >= 0.6 is 11.6 Å². The molecule has 2 nitrogen and oxygen atoms in total. The summed E-state index contributed by atoms with van der Waals surface area (Å²) >= 11 is 5.80. The molecule has 0 spiro atoms. The molecule has 0 fully saturated rings. The molecule has 1 N–H and O–H groups in total. The summed E-state index contributed by atoms with van der Waals surface area (Å²) in [5.74, 6) is 0.119. The molecule has 2 atom stereocenters. The molecule has 1 aromatic rings. The van der Waals surface area contributed by atoms with Gasteiger partial charge in [-0.15, -0.1) is 0 Å². The van der Waals surface area contributed by atoms with E-state index >= 15 is 0 Å². The van der Waals surface area contributed by atoms with Crippen molar-refractivity contribution in [3.05, 3.63) is 34.6 Å². The van der Waals surface area contributed by atoms with Crippen molar-refractivity contribution in [3.63, 3.8) is 0 Å². The fourth-order valence-electron chi connectivity index (χ4n) is 2.46. The third kappa shape index (κ3) is 5.04. The molecular weight excluding hydrogens is 277 g/mol. The Hall–Kier alpha value is -0.640. The topological polar surface area (TPSA) is 21.3 Å². The van der Waals surface area contributed by atoms with Crippen molar-refractivity contribution in [2.24, 2.45) is 5.92 Å². The van der Waals surface area contributed by atoms with Gasteiger partial charge in [0.05, 0.1) is 6.10 Å². The Morgan fingerprint density at radius 2 is 2.00 bits per heavy atom. The fraction of sp³-hybridized carbons (Fsp3) is 0.625. The Balaban J connectivity index is 2.89. The lowest BCUT2D eigenvalue weighted by Gasteiger charge is -2.31. The van der Waals surface area contributed by atoms with Crippen molar-refractivity contribution >= 4 is 11.6 Å². The average molecular weight is 302 g/mol. The van der Waals surface area contributed by atoms with Gasteiger partial charge >= 0.3 is 0 Å². The Morgan fingerprint density at radius 3 is 2.50 bits per heavy atom. The second-order valence-corrected chi connectivity index (χ2v) is 5.70. The van der Waals surface area contributed by atoms with Crippen LogP contribution in [0.15, 0.2) is 18.2 Å². The summed E-state index contributed by atoms with van der Waals surface area (Å²) in [7, 11) is 0. The first kappa shape index (κ1) is 17.4. The first-order chi connectivity index (χ1) is 9.49. The van der Waals surface area contributed by atoms with Gasteiger partial charge in [-0.3, -0.25) is 0 Å². The van der Waals surface area contributed by atoms with E-state index in [1.165, 1.54) is 6.07 Å². The highest BCUT2D eigenvalue weighted by Gasteiger charge is 2.25. The molecule has 0 aliphatic heterocycles. The van der Waals surface area contributed by atoms with Crippen LogP contribution in [-0.4, -0.2) is 25.3 Å². The molecule has 1 aromatic carbocycles. The first-order valence-electron chi connectivity index (χ1n) is 7.28. The molecule has 0 aliphatic rings. The number of likely N-dealkylation sites (N-methyl/N-ethyl adjacent to an activating group) is 1. The molecule has 0 aliphatic carbocycles. The van der Waals surface area contributed by atoms with Gasteiger partial charge in [0.25, 0.3) is 0 Å². The molecule has 0 heterocycles. The minimum Gasteiger partial charge on any atom is -0.377 e. The fourth-order valence-corrected chi connectivity index (χ4v) is 2.62. The second kappa shape index (κ2) is 8.60. The molecule has 0 bridgehead atoms. The standard InChI is InChI=1S/C16H25ClFNO/c1-5-19-15(16(11(3)4)20-6-2)9-12-7-8-13(17)10-14(12)18/h7-8,10-11,15-16,19H,5-6,9H2,1-4H3. The maximum atomic E-state index is 13.9. The molecule has 114 valence electrons. The predicted molar refractivity (Wildman–Crippen MR) is 82.8 cm³/mol. The van der Waals surface area contributed by atoms with Crippen LogP contribution in [0.3, 0.4) is 0 Å². The number of rotatable bonds is 8. The lowest BCUT2D eigenvalue weighted by Crippen LogP contribution is -2.45. The highest BCUT2D eigenvalue weighted by Crippen LogP contribution is 2.20. The molecule has 0 saturated heterocycles. The van der Waals surface area contributed by atoms with Gasteiger partial charge in [-0.1, -0.05) is 38.4 Å². The first-order valence-corrected chi connectivity index (χ1v) is 7.66. The third-order valence-electron chi connectivity index (χ3n) is 3.33. The third-order valence-corrected chi connectivity index (χ3v) is 3.57. The van der Waals surface area contributed by atoms with Gasteiger partial charge in [0.1, 0.15) is 5.82 Å². The molecule has 2 unspecified atom stereocenters. The maximum absolute atomic E-state index is 13.9. The number of hydrogen-bond donors (Lipinski definition) is 1. The monoisotopic (exact) mass is 301 g/mol. The van der Waals surface area contributed by atoms with E-state index in [-0.39, 0.29) is 18.0 Å². The molecule has 0 aromatic heterocycles. The summed E-state index contributed by atoms with van der Waals surface area (Å²) in [6, 6.07) is 4.94. The highest BCUT2D eigenvalue weighted by atomic mass is 35.5. The SMILES string of the molecule is CCNC(Cc1ccc(Cl)cc1F)C(OCC)C(C)C. The van der Waals surface area contributed by atoms with Crippen LogP contribution in [0.5, 0.6) is 0 Å². The number of halogens is 2. The van der Waals surface area contributed by atoms with Crippen molar-refractivity contribution in [2.45, 2.75) is 46.3 Å². The van der Waals surface area contributed by atoms with E-state index in [9.17, 15) is 4.39 Å². The average Bonchev–Trinajstić information content (AvgIpc) is 2.38. The normalized spacial score (nSPS) is 14.6. The van der Waals surface area contributed by atoms with Crippen molar-refractivity contribution in [2.75, 3.05) is 13.2 Å². The number of ether oxygens (including phenoxy) is 1. The smallest absolute Gasteiger partial charge is 0.127 e. The molecule has 0 saturated carbocycles. The van der Waals surface area contributed by atoms with Gasteiger partial charge in [-0.2, -0.15) is 0 Å². The molecular formula is C16H25ClFNO. The largest absolute Gasteiger partial charge is 0.377 e. The minimum atomic E-state index is -0.251. The van der Waals surface area contributed by atoms with Crippen LogP contribution in [0, 0.1) is 11.7 Å². The Morgan fingerprint density at radius 1 is 1.30 bits per heavy atom. The zero-order chi connectivity index (χ0) is 15.1. The van der Waals surface area contributed by atoms with Crippen LogP contribution in [-0.2, 0) is 11.2 Å². The van der Waals surface area contributed by atoms with Crippen molar-refractivity contribution in [1.82, 2.24) is 5.32 Å². The highest BCUT2D eigenvalue weighted by molar-refractivity contribution is 6.30. The van der Waals surface area contributed by atoms with Crippen molar-refractivity contribution in [1.29, 1.82) is 0 Å². The summed E-state index contributed by atoms with van der Waals surface area (Å²) in [5, 5.41) is 3.84. The molecule has 0 amide bonds. The van der Waals surface area contributed by atoms with E-state index in [1.54, 1.807) is 12.1 Å². The molecule has 4 heteroatoms. The van der Waals surface area contributed by atoms with Gasteiger partial charge in [-0.25, -0.2) is 4.39 Å². The zero-order valence-corrected chi connectivity index (χ0v) is 13.5. The summed E-state index contributed by atoms with van der Waals surface area (Å²) in [6.45, 7) is 9.78. The van der Waals surface area contributed by atoms with Crippen LogP contribution < -0.4 is 5.32 Å². The lowest BCUT2D eigenvalue weighted by atomic mass is 9.93. The van der Waals surface area contributed by atoms with E-state index in [2.05, 4.69) is 26.1 Å². The zero-order valence-electron chi connectivity index (χ0n) is 12.7. The van der Waals surface area contributed by atoms with E-state index < -0.39 is 0 Å². The van der Waals surface area contributed by atoms with Crippen LogP contribution in [0.2, 0.25) is 5.02 Å². The predicted octanol–water partition coefficient (Wildman–Crippen LogP) is 4.06. The van der Waals surface area contributed by atoms with Gasteiger partial charge in [0.15, 0.2) is 0 Å². The van der Waals surface area contributed by atoms with Crippen LogP contribution in [0.1, 0.15) is 33.3 Å². The maximum Gasteiger partial charge on any atom is 0.127 e. The summed E-state index contributed by atoms with van der Waals surface area (Å²) < 4.78 is 19.8. The Labute approximate surface area is 126 Å². The van der Waals surface area contributed by atoms with Crippen LogP contribution in [0.25, 0.3) is 0 Å². The Kier molecular flexibility index (Phi) is 7.49. The van der Waals surface area contributed by atoms with E-state index in [1.807, 2.05) is 6.92 Å². The summed E-state index contributed by atoms with van der Waals surface area (Å²) in [4.78, 5) is 0. The van der Waals surface area contributed by atoms with Crippen molar-refractivity contribution < 1.29 is 9.13 Å².